The molecule has 0 aliphatic carbocycles. The molecule has 6 nitrogen and oxygen atoms in total. The van der Waals surface area contributed by atoms with E-state index in [0.717, 1.165) is 74.7 Å². The fourth-order valence-corrected chi connectivity index (χ4v) is 6.26. The Kier molecular flexibility index (Phi) is 13.4. The van der Waals surface area contributed by atoms with Crippen molar-refractivity contribution in [1.29, 1.82) is 0 Å². The van der Waals surface area contributed by atoms with E-state index in [1.54, 1.807) is 0 Å². The van der Waals surface area contributed by atoms with Gasteiger partial charge in [0.25, 0.3) is 0 Å². The molecule has 2 heterocycles. The smallest absolute Gasteiger partial charge is 0.167 e. The van der Waals surface area contributed by atoms with E-state index < -0.39 is 0 Å². The van der Waals surface area contributed by atoms with Crippen LogP contribution in [0.5, 0.6) is 11.5 Å². The maximum absolute atomic E-state index is 13.9. The van der Waals surface area contributed by atoms with Crippen LogP contribution in [0, 0.1) is 11.8 Å². The molecule has 2 aromatic carbocycles. The highest BCUT2D eigenvalue weighted by Crippen LogP contribution is 2.26. The molecule has 2 aliphatic rings. The van der Waals surface area contributed by atoms with E-state index in [0.29, 0.717) is 26.1 Å². The third kappa shape index (κ3) is 9.95. The molecule has 6 heteroatoms. The van der Waals surface area contributed by atoms with Crippen molar-refractivity contribution in [2.24, 2.45) is 11.8 Å². The fraction of sp³-hybridized carbons (Fsp3) is 0.611. The first-order valence-corrected chi connectivity index (χ1v) is 16.6. The molecular weight excluding hydrogens is 524 g/mol. The number of ketones is 2. The molecule has 0 bridgehead atoms. The van der Waals surface area contributed by atoms with Crippen LogP contribution in [0.2, 0.25) is 0 Å². The highest BCUT2D eigenvalue weighted by Gasteiger charge is 2.29. The summed E-state index contributed by atoms with van der Waals surface area (Å²) in [7, 11) is 0. The van der Waals surface area contributed by atoms with Crippen molar-refractivity contribution in [3.05, 3.63) is 59.7 Å². The standard InChI is InChI=1S/C36H52N2O4/c1-3-25-41-33-17-13-29(14-18-33)35(39)31(27-37-21-7-5-8-22-37)11-12-32(28-38-23-9-6-10-24-38)36(40)30-15-19-34(20-16-30)42-26-4-2/h13-20,31-32H,3-12,21-28H2,1-2H3. The number of hydrogen-bond acceptors (Lipinski definition) is 6. The van der Waals surface area contributed by atoms with E-state index in [1.807, 2.05) is 48.5 Å². The molecule has 2 saturated heterocycles. The molecule has 2 fully saturated rings. The maximum Gasteiger partial charge on any atom is 0.167 e. The number of likely N-dealkylation sites (tertiary alicyclic amines) is 2. The van der Waals surface area contributed by atoms with Crippen molar-refractivity contribution in [3.8, 4) is 11.5 Å². The van der Waals surface area contributed by atoms with Crippen molar-refractivity contribution in [3.63, 3.8) is 0 Å². The van der Waals surface area contributed by atoms with Gasteiger partial charge >= 0.3 is 0 Å². The summed E-state index contributed by atoms with van der Waals surface area (Å²) >= 11 is 0. The molecule has 4 rings (SSSR count). The van der Waals surface area contributed by atoms with Gasteiger partial charge in [-0.2, -0.15) is 0 Å². The Balaban J connectivity index is 1.49. The Labute approximate surface area is 253 Å². The van der Waals surface area contributed by atoms with Crippen LogP contribution in [0.4, 0.5) is 0 Å². The maximum atomic E-state index is 13.9. The first-order chi connectivity index (χ1) is 20.6. The SMILES string of the molecule is CCCOc1ccc(C(=O)C(CCC(CN2CCCCC2)C(=O)c2ccc(OCCC)cc2)CN2CCCCC2)cc1. The van der Waals surface area contributed by atoms with Crippen LogP contribution >= 0.6 is 0 Å². The number of hydrogen-bond donors (Lipinski definition) is 0. The van der Waals surface area contributed by atoms with Gasteiger partial charge in [-0.3, -0.25) is 9.59 Å². The minimum absolute atomic E-state index is 0.132. The van der Waals surface area contributed by atoms with Gasteiger partial charge in [-0.15, -0.1) is 0 Å². The monoisotopic (exact) mass is 576 g/mol. The minimum Gasteiger partial charge on any atom is -0.494 e. The van der Waals surface area contributed by atoms with Crippen molar-refractivity contribution < 1.29 is 19.1 Å². The minimum atomic E-state index is -0.132. The van der Waals surface area contributed by atoms with Gasteiger partial charge in [-0.25, -0.2) is 0 Å². The van der Waals surface area contributed by atoms with Gasteiger partial charge in [0, 0.05) is 36.1 Å². The average Bonchev–Trinajstić information content (AvgIpc) is 3.05. The van der Waals surface area contributed by atoms with Gasteiger partial charge in [-0.05, 0) is 126 Å². The summed E-state index contributed by atoms with van der Waals surface area (Å²) in [6.07, 6.45) is 10.6. The molecule has 2 aliphatic heterocycles. The molecule has 0 saturated carbocycles. The van der Waals surface area contributed by atoms with Crippen LogP contribution in [0.1, 0.15) is 98.8 Å². The highest BCUT2D eigenvalue weighted by molar-refractivity contribution is 5.99. The Morgan fingerprint density at radius 3 is 1.29 bits per heavy atom. The van der Waals surface area contributed by atoms with Crippen molar-refractivity contribution in [2.45, 2.75) is 78.1 Å². The first kappa shape index (κ1) is 32.2. The lowest BCUT2D eigenvalue weighted by molar-refractivity contribution is 0.0793. The zero-order chi connectivity index (χ0) is 29.6. The third-order valence-corrected chi connectivity index (χ3v) is 8.68. The predicted octanol–water partition coefficient (Wildman–Crippen LogP) is 7.31. The Morgan fingerprint density at radius 2 is 0.952 bits per heavy atom. The molecule has 2 aromatic rings. The van der Waals surface area contributed by atoms with Crippen molar-refractivity contribution in [2.75, 3.05) is 52.5 Å². The largest absolute Gasteiger partial charge is 0.494 e. The lowest BCUT2D eigenvalue weighted by Gasteiger charge is -2.32. The molecule has 0 aromatic heterocycles. The van der Waals surface area contributed by atoms with Crippen LogP contribution in [0.15, 0.2) is 48.5 Å². The molecule has 0 amide bonds. The summed E-state index contributed by atoms with van der Waals surface area (Å²) in [6, 6.07) is 15.3. The van der Waals surface area contributed by atoms with Crippen molar-refractivity contribution >= 4 is 11.6 Å². The number of carbonyl (C=O) groups excluding carboxylic acids is 2. The second kappa shape index (κ2) is 17.4. The zero-order valence-corrected chi connectivity index (χ0v) is 26.0. The Hall–Kier alpha value is -2.70. The zero-order valence-electron chi connectivity index (χ0n) is 26.0. The number of piperidine rings is 2. The number of benzene rings is 2. The number of carbonyl (C=O) groups is 2. The molecule has 42 heavy (non-hydrogen) atoms. The highest BCUT2D eigenvalue weighted by atomic mass is 16.5. The van der Waals surface area contributed by atoms with E-state index in [9.17, 15) is 9.59 Å². The van der Waals surface area contributed by atoms with Gasteiger partial charge in [0.15, 0.2) is 11.6 Å². The number of nitrogens with zero attached hydrogens (tertiary/aromatic N) is 2. The van der Waals surface area contributed by atoms with E-state index in [-0.39, 0.29) is 23.4 Å². The van der Waals surface area contributed by atoms with E-state index in [1.165, 1.54) is 38.5 Å². The van der Waals surface area contributed by atoms with Gasteiger partial charge in [0.05, 0.1) is 13.2 Å². The number of ether oxygens (including phenoxy) is 2. The van der Waals surface area contributed by atoms with Crippen LogP contribution in [-0.2, 0) is 0 Å². The van der Waals surface area contributed by atoms with Crippen LogP contribution < -0.4 is 9.47 Å². The summed E-state index contributed by atoms with van der Waals surface area (Å²) in [5, 5.41) is 0. The third-order valence-electron chi connectivity index (χ3n) is 8.68. The molecule has 2 atom stereocenters. The Bertz CT molecular complexity index is 985. The normalized spacial score (nSPS) is 17.9. The molecule has 0 radical (unpaired) electrons. The molecule has 230 valence electrons. The van der Waals surface area contributed by atoms with E-state index >= 15 is 0 Å². The first-order valence-electron chi connectivity index (χ1n) is 16.6. The Morgan fingerprint density at radius 1 is 0.595 bits per heavy atom. The predicted molar refractivity (Wildman–Crippen MR) is 170 cm³/mol. The molecule has 0 spiro atoms. The van der Waals surface area contributed by atoms with Crippen LogP contribution in [0.25, 0.3) is 0 Å². The molecular formula is C36H52N2O4. The molecule has 2 unspecified atom stereocenters. The second-order valence-corrected chi connectivity index (χ2v) is 12.2. The number of rotatable bonds is 17. The molecule has 0 N–H and O–H groups in total. The second-order valence-electron chi connectivity index (χ2n) is 12.2. The van der Waals surface area contributed by atoms with Gasteiger partial charge < -0.3 is 19.3 Å². The summed E-state index contributed by atoms with van der Waals surface area (Å²) in [4.78, 5) is 32.8. The quantitative estimate of drug-likeness (QED) is 0.184. The van der Waals surface area contributed by atoms with Crippen LogP contribution in [0.3, 0.4) is 0 Å². The summed E-state index contributed by atoms with van der Waals surface area (Å²) in [5.41, 5.74) is 1.48. The average molecular weight is 577 g/mol. The van der Waals surface area contributed by atoms with E-state index in [4.69, 9.17) is 9.47 Å². The van der Waals surface area contributed by atoms with Gasteiger partial charge in [-0.1, -0.05) is 26.7 Å². The summed E-state index contributed by atoms with van der Waals surface area (Å²) in [6.45, 7) is 11.3. The summed E-state index contributed by atoms with van der Waals surface area (Å²) < 4.78 is 11.5. The lowest BCUT2D eigenvalue weighted by atomic mass is 9.85. The van der Waals surface area contributed by atoms with Crippen LogP contribution in [-0.4, -0.2) is 73.8 Å². The summed E-state index contributed by atoms with van der Waals surface area (Å²) in [5.74, 6) is 1.71. The number of Topliss-reactive ketones (excluding diaryl/α,β-unsaturated/α-hetero) is 2. The topological polar surface area (TPSA) is 59.1 Å². The van der Waals surface area contributed by atoms with E-state index in [2.05, 4.69) is 23.6 Å². The fourth-order valence-electron chi connectivity index (χ4n) is 6.26. The van der Waals surface area contributed by atoms with Gasteiger partial charge in [0.2, 0.25) is 0 Å². The lowest BCUT2D eigenvalue weighted by Crippen LogP contribution is -2.39. The van der Waals surface area contributed by atoms with Gasteiger partial charge in [0.1, 0.15) is 11.5 Å². The van der Waals surface area contributed by atoms with Crippen molar-refractivity contribution in [1.82, 2.24) is 9.80 Å².